The molecule has 1 fully saturated rings. The summed E-state index contributed by atoms with van der Waals surface area (Å²) in [5, 5.41) is 0. The number of rotatable bonds is 2. The fourth-order valence-electron chi connectivity index (χ4n) is 3.10. The van der Waals surface area contributed by atoms with Gasteiger partial charge in [0.2, 0.25) is 5.91 Å². The Morgan fingerprint density at radius 1 is 1.36 bits per heavy atom. The summed E-state index contributed by atoms with van der Waals surface area (Å²) in [5.41, 5.74) is 7.12. The fourth-order valence-corrected chi connectivity index (χ4v) is 4.09. The van der Waals surface area contributed by atoms with Crippen molar-refractivity contribution in [3.63, 3.8) is 0 Å². The number of nitrogens with two attached hydrogens (primary N) is 1. The van der Waals surface area contributed by atoms with E-state index < -0.39 is 0 Å². The first-order chi connectivity index (χ1) is 10.1. The molecule has 0 radical (unpaired) electrons. The molecule has 4 nitrogen and oxygen atoms in total. The number of carbonyl (C=O) groups is 1. The number of fused-ring (bicyclic) bond motifs is 1. The normalized spacial score (nSPS) is 25.3. The summed E-state index contributed by atoms with van der Waals surface area (Å²) in [7, 11) is 0. The molecule has 1 amide bonds. The smallest absolute Gasteiger partial charge is 0.241 e. The molecule has 1 aromatic rings. The Hall–Kier alpha value is -0.750. The standard InChI is InChI=1S/C16H23N3OS.ClH/c1-12-10-18(7-6-13(12)17)11-16(20)19-8-9-21-15-5-3-2-4-14(15)19;/h2-5,12-13H,6-11,17H2,1H3;1H. The molecule has 2 heterocycles. The maximum Gasteiger partial charge on any atom is 0.241 e. The highest BCUT2D eigenvalue weighted by atomic mass is 35.5. The van der Waals surface area contributed by atoms with E-state index in [1.54, 1.807) is 0 Å². The van der Waals surface area contributed by atoms with E-state index in [9.17, 15) is 4.79 Å². The Morgan fingerprint density at radius 3 is 2.91 bits per heavy atom. The van der Waals surface area contributed by atoms with Crippen LogP contribution in [0.1, 0.15) is 13.3 Å². The van der Waals surface area contributed by atoms with Crippen LogP contribution < -0.4 is 10.6 Å². The third-order valence-corrected chi connectivity index (χ3v) is 5.49. The predicted molar refractivity (Wildman–Crippen MR) is 95.0 cm³/mol. The van der Waals surface area contributed by atoms with Gasteiger partial charge in [0.25, 0.3) is 0 Å². The average Bonchev–Trinajstić information content (AvgIpc) is 2.50. The molecule has 0 bridgehead atoms. The van der Waals surface area contributed by atoms with E-state index in [1.165, 1.54) is 4.90 Å². The van der Waals surface area contributed by atoms with Gasteiger partial charge in [-0.15, -0.1) is 24.2 Å². The fraction of sp³-hybridized carbons (Fsp3) is 0.562. The van der Waals surface area contributed by atoms with Crippen molar-refractivity contribution in [2.75, 3.05) is 36.8 Å². The lowest BCUT2D eigenvalue weighted by atomic mass is 9.95. The zero-order valence-corrected chi connectivity index (χ0v) is 14.5. The third-order valence-electron chi connectivity index (χ3n) is 4.44. The van der Waals surface area contributed by atoms with Crippen LogP contribution >= 0.6 is 24.2 Å². The van der Waals surface area contributed by atoms with Crippen LogP contribution in [0.2, 0.25) is 0 Å². The number of hydrogen-bond acceptors (Lipinski definition) is 4. The highest BCUT2D eigenvalue weighted by Crippen LogP contribution is 2.34. The molecule has 22 heavy (non-hydrogen) atoms. The minimum absolute atomic E-state index is 0. The number of thioether (sulfide) groups is 1. The maximum absolute atomic E-state index is 12.7. The average molecular weight is 342 g/mol. The van der Waals surface area contributed by atoms with Crippen molar-refractivity contribution in [1.29, 1.82) is 0 Å². The van der Waals surface area contributed by atoms with E-state index in [2.05, 4.69) is 17.9 Å². The molecule has 122 valence electrons. The van der Waals surface area contributed by atoms with E-state index in [4.69, 9.17) is 5.73 Å². The third kappa shape index (κ3) is 3.77. The van der Waals surface area contributed by atoms with Gasteiger partial charge in [-0.25, -0.2) is 0 Å². The minimum Gasteiger partial charge on any atom is -0.327 e. The number of benzene rings is 1. The van der Waals surface area contributed by atoms with Gasteiger partial charge in [0.1, 0.15) is 0 Å². The molecule has 0 saturated carbocycles. The lowest BCUT2D eigenvalue weighted by Gasteiger charge is -2.36. The van der Waals surface area contributed by atoms with Crippen LogP contribution in [0.3, 0.4) is 0 Å². The van der Waals surface area contributed by atoms with Crippen LogP contribution in [-0.2, 0) is 4.79 Å². The van der Waals surface area contributed by atoms with Gasteiger partial charge < -0.3 is 10.6 Å². The maximum atomic E-state index is 12.7. The predicted octanol–water partition coefficient (Wildman–Crippen LogP) is 2.22. The number of amides is 1. The second-order valence-corrected chi connectivity index (χ2v) is 7.16. The highest BCUT2D eigenvalue weighted by molar-refractivity contribution is 7.99. The quantitative estimate of drug-likeness (QED) is 0.896. The van der Waals surface area contributed by atoms with Crippen LogP contribution in [0.5, 0.6) is 0 Å². The molecule has 1 saturated heterocycles. The molecule has 3 rings (SSSR count). The molecule has 0 aliphatic carbocycles. The van der Waals surface area contributed by atoms with Gasteiger partial charge in [0.05, 0.1) is 12.2 Å². The van der Waals surface area contributed by atoms with E-state index in [0.29, 0.717) is 12.5 Å². The van der Waals surface area contributed by atoms with Gasteiger partial charge in [0.15, 0.2) is 0 Å². The van der Waals surface area contributed by atoms with E-state index >= 15 is 0 Å². The summed E-state index contributed by atoms with van der Waals surface area (Å²) in [6.45, 7) is 5.35. The molecule has 6 heteroatoms. The Kier molecular flexibility index (Phi) is 6.15. The second-order valence-electron chi connectivity index (χ2n) is 6.03. The number of para-hydroxylation sites is 1. The summed E-state index contributed by atoms with van der Waals surface area (Å²) in [6.07, 6.45) is 0.987. The first-order valence-electron chi connectivity index (χ1n) is 7.65. The molecule has 2 aliphatic rings. The van der Waals surface area contributed by atoms with Crippen molar-refractivity contribution in [3.05, 3.63) is 24.3 Å². The number of nitrogens with zero attached hydrogens (tertiary/aromatic N) is 2. The van der Waals surface area contributed by atoms with E-state index in [0.717, 1.165) is 37.5 Å². The molecule has 1 aromatic carbocycles. The highest BCUT2D eigenvalue weighted by Gasteiger charge is 2.28. The molecular formula is C16H24ClN3OS. The summed E-state index contributed by atoms with van der Waals surface area (Å²) in [4.78, 5) is 18.1. The minimum atomic E-state index is 0. The summed E-state index contributed by atoms with van der Waals surface area (Å²) >= 11 is 1.83. The largest absolute Gasteiger partial charge is 0.327 e. The Bertz CT molecular complexity index is 528. The van der Waals surface area contributed by atoms with Gasteiger partial charge in [0, 0.05) is 36.3 Å². The Morgan fingerprint density at radius 2 is 2.14 bits per heavy atom. The van der Waals surface area contributed by atoms with Crippen molar-refractivity contribution in [2.45, 2.75) is 24.3 Å². The topological polar surface area (TPSA) is 49.6 Å². The summed E-state index contributed by atoms with van der Waals surface area (Å²) < 4.78 is 0. The van der Waals surface area contributed by atoms with Crippen molar-refractivity contribution < 1.29 is 4.79 Å². The molecule has 2 atom stereocenters. The Balaban J connectivity index is 0.00000176. The zero-order chi connectivity index (χ0) is 14.8. The van der Waals surface area contributed by atoms with Gasteiger partial charge >= 0.3 is 0 Å². The van der Waals surface area contributed by atoms with Crippen molar-refractivity contribution in [1.82, 2.24) is 4.90 Å². The van der Waals surface area contributed by atoms with Gasteiger partial charge in [-0.3, -0.25) is 9.69 Å². The number of hydrogen-bond donors (Lipinski definition) is 1. The number of piperidine rings is 1. The molecule has 0 aromatic heterocycles. The molecule has 2 aliphatic heterocycles. The summed E-state index contributed by atoms with van der Waals surface area (Å²) in [5.74, 6) is 1.66. The van der Waals surface area contributed by atoms with Crippen LogP contribution in [0.4, 0.5) is 5.69 Å². The number of halogens is 1. The first kappa shape index (κ1) is 17.6. The second kappa shape index (κ2) is 7.68. The lowest BCUT2D eigenvalue weighted by Crippen LogP contribution is -2.50. The van der Waals surface area contributed by atoms with Crippen LogP contribution in [0, 0.1) is 5.92 Å². The molecule has 2 N–H and O–H groups in total. The van der Waals surface area contributed by atoms with Gasteiger partial charge in [-0.1, -0.05) is 19.1 Å². The van der Waals surface area contributed by atoms with E-state index in [-0.39, 0.29) is 24.4 Å². The molecule has 0 spiro atoms. The zero-order valence-electron chi connectivity index (χ0n) is 12.9. The number of anilines is 1. The lowest BCUT2D eigenvalue weighted by molar-refractivity contribution is -0.120. The molecular weight excluding hydrogens is 318 g/mol. The Labute approximate surface area is 142 Å². The van der Waals surface area contributed by atoms with Crippen LogP contribution in [0.25, 0.3) is 0 Å². The van der Waals surface area contributed by atoms with Crippen molar-refractivity contribution >= 4 is 35.8 Å². The summed E-state index contributed by atoms with van der Waals surface area (Å²) in [6, 6.07) is 8.47. The monoisotopic (exact) mass is 341 g/mol. The number of carbonyl (C=O) groups excluding carboxylic acids is 1. The molecule has 2 unspecified atom stereocenters. The van der Waals surface area contributed by atoms with Gasteiger partial charge in [-0.05, 0) is 24.5 Å². The van der Waals surface area contributed by atoms with Crippen molar-refractivity contribution in [2.24, 2.45) is 11.7 Å². The van der Waals surface area contributed by atoms with Crippen LogP contribution in [-0.4, -0.2) is 48.8 Å². The SMILES string of the molecule is CC1CN(CC(=O)N2CCSc3ccccc32)CCC1N.Cl. The van der Waals surface area contributed by atoms with Gasteiger partial charge in [-0.2, -0.15) is 0 Å². The first-order valence-corrected chi connectivity index (χ1v) is 8.64. The number of likely N-dealkylation sites (tertiary alicyclic amines) is 1. The van der Waals surface area contributed by atoms with E-state index in [1.807, 2.05) is 34.9 Å². The van der Waals surface area contributed by atoms with Crippen LogP contribution in [0.15, 0.2) is 29.2 Å². The van der Waals surface area contributed by atoms with Crippen molar-refractivity contribution in [3.8, 4) is 0 Å².